The van der Waals surface area contributed by atoms with Gasteiger partial charge in [-0.2, -0.15) is 5.10 Å². The van der Waals surface area contributed by atoms with Crippen molar-refractivity contribution in [2.45, 2.75) is 32.6 Å². The van der Waals surface area contributed by atoms with Gasteiger partial charge < -0.3 is 0 Å². The molecule has 1 aromatic heterocycles. The van der Waals surface area contributed by atoms with E-state index in [1.54, 1.807) is 4.90 Å². The molecule has 1 unspecified atom stereocenters. The molecule has 19 heavy (non-hydrogen) atoms. The van der Waals surface area contributed by atoms with Crippen molar-refractivity contribution >= 4 is 11.7 Å². The number of hydrogen-bond donors (Lipinski definition) is 1. The van der Waals surface area contributed by atoms with Crippen LogP contribution in [0.3, 0.4) is 0 Å². The molecule has 0 bridgehead atoms. The number of H-pyrrole nitrogens is 1. The lowest BCUT2D eigenvalue weighted by atomic mass is 9.92. The number of anilines is 1. The van der Waals surface area contributed by atoms with E-state index < -0.39 is 0 Å². The Morgan fingerprint density at radius 2 is 2.37 bits per heavy atom. The summed E-state index contributed by atoms with van der Waals surface area (Å²) in [7, 11) is 0. The first-order valence-electron chi connectivity index (χ1n) is 6.29. The standard InChI is InChI=1S/C12H18N6O/c1-12(2,3)9-5-10(16-15-9)18-7-8(4-11(18)19)6-14-17-13/h5,8H,4,6-7H2,1-3H3,(H,15,16). The summed E-state index contributed by atoms with van der Waals surface area (Å²) in [6.45, 7) is 7.17. The number of nitrogens with zero attached hydrogens (tertiary/aromatic N) is 5. The maximum Gasteiger partial charge on any atom is 0.228 e. The van der Waals surface area contributed by atoms with Crippen molar-refractivity contribution in [1.82, 2.24) is 10.2 Å². The molecule has 102 valence electrons. The Kier molecular flexibility index (Phi) is 3.48. The Morgan fingerprint density at radius 3 is 2.95 bits per heavy atom. The maximum atomic E-state index is 11.9. The maximum absolute atomic E-state index is 11.9. The molecule has 0 radical (unpaired) electrons. The average Bonchev–Trinajstić information content (AvgIpc) is 2.91. The number of amides is 1. The molecule has 1 atom stereocenters. The first-order chi connectivity index (χ1) is 8.91. The molecule has 0 aliphatic carbocycles. The number of azide groups is 1. The number of hydrogen-bond acceptors (Lipinski definition) is 3. The van der Waals surface area contributed by atoms with Gasteiger partial charge in [0.15, 0.2) is 5.82 Å². The van der Waals surface area contributed by atoms with Gasteiger partial charge in [-0.05, 0) is 11.4 Å². The normalized spacial score (nSPS) is 19.6. The lowest BCUT2D eigenvalue weighted by molar-refractivity contribution is -0.117. The van der Waals surface area contributed by atoms with Gasteiger partial charge in [0.05, 0.1) is 0 Å². The molecular weight excluding hydrogens is 244 g/mol. The summed E-state index contributed by atoms with van der Waals surface area (Å²) < 4.78 is 0. The van der Waals surface area contributed by atoms with E-state index in [0.717, 1.165) is 5.69 Å². The van der Waals surface area contributed by atoms with Crippen LogP contribution in [0.5, 0.6) is 0 Å². The number of rotatable bonds is 3. The second-order valence-corrected chi connectivity index (χ2v) is 5.88. The molecule has 2 rings (SSSR count). The number of nitrogens with one attached hydrogen (secondary N) is 1. The Hall–Kier alpha value is -2.01. The van der Waals surface area contributed by atoms with Crippen LogP contribution >= 0.6 is 0 Å². The van der Waals surface area contributed by atoms with E-state index in [1.807, 2.05) is 6.07 Å². The Morgan fingerprint density at radius 1 is 1.63 bits per heavy atom. The van der Waals surface area contributed by atoms with Crippen molar-refractivity contribution in [3.8, 4) is 0 Å². The van der Waals surface area contributed by atoms with E-state index in [1.165, 1.54) is 0 Å². The lowest BCUT2D eigenvalue weighted by Crippen LogP contribution is -2.25. The van der Waals surface area contributed by atoms with Crippen LogP contribution in [0.15, 0.2) is 11.2 Å². The third-order valence-electron chi connectivity index (χ3n) is 3.26. The molecule has 1 fully saturated rings. The molecule has 7 heteroatoms. The lowest BCUT2D eigenvalue weighted by Gasteiger charge is -2.15. The predicted octanol–water partition coefficient (Wildman–Crippen LogP) is 2.37. The highest BCUT2D eigenvalue weighted by molar-refractivity contribution is 5.94. The quantitative estimate of drug-likeness (QED) is 0.514. The topological polar surface area (TPSA) is 97.8 Å². The third-order valence-corrected chi connectivity index (χ3v) is 3.26. The molecule has 0 spiro atoms. The minimum absolute atomic E-state index is 0.0292. The van der Waals surface area contributed by atoms with Gasteiger partial charge in [-0.25, -0.2) is 0 Å². The SMILES string of the molecule is CC(C)(C)c1cc(N2CC(CN=[N+]=[N-])CC2=O)n[nH]1. The zero-order valence-electron chi connectivity index (χ0n) is 11.4. The van der Waals surface area contributed by atoms with Gasteiger partial charge in [0, 0.05) is 41.6 Å². The van der Waals surface area contributed by atoms with Crippen molar-refractivity contribution in [2.24, 2.45) is 11.0 Å². The molecule has 1 aliphatic heterocycles. The monoisotopic (exact) mass is 262 g/mol. The number of carbonyl (C=O) groups is 1. The van der Waals surface area contributed by atoms with Crippen LogP contribution in [-0.4, -0.2) is 29.2 Å². The zero-order chi connectivity index (χ0) is 14.0. The molecule has 1 amide bonds. The van der Waals surface area contributed by atoms with Crippen molar-refractivity contribution in [3.63, 3.8) is 0 Å². The van der Waals surface area contributed by atoms with E-state index in [-0.39, 0.29) is 17.2 Å². The van der Waals surface area contributed by atoms with Gasteiger partial charge in [-0.1, -0.05) is 25.9 Å². The molecule has 0 saturated carbocycles. The van der Waals surface area contributed by atoms with Crippen molar-refractivity contribution in [2.75, 3.05) is 18.0 Å². The Labute approximate surface area is 111 Å². The fraction of sp³-hybridized carbons (Fsp3) is 0.667. The summed E-state index contributed by atoms with van der Waals surface area (Å²) >= 11 is 0. The summed E-state index contributed by atoms with van der Waals surface area (Å²) in [5.41, 5.74) is 9.28. The number of carbonyl (C=O) groups excluding carboxylic acids is 1. The molecule has 7 nitrogen and oxygen atoms in total. The second kappa shape index (κ2) is 4.93. The van der Waals surface area contributed by atoms with Gasteiger partial charge in [0.25, 0.3) is 0 Å². The van der Waals surface area contributed by atoms with Crippen molar-refractivity contribution in [1.29, 1.82) is 0 Å². The summed E-state index contributed by atoms with van der Waals surface area (Å²) in [5.74, 6) is 0.765. The van der Waals surface area contributed by atoms with E-state index in [9.17, 15) is 4.79 Å². The molecule has 0 aromatic carbocycles. The fourth-order valence-electron chi connectivity index (χ4n) is 2.11. The molecular formula is C12H18N6O. The van der Waals surface area contributed by atoms with Crippen molar-refractivity contribution in [3.05, 3.63) is 22.2 Å². The molecule has 1 aliphatic rings. The van der Waals surface area contributed by atoms with Crippen LogP contribution in [-0.2, 0) is 10.2 Å². The Bertz CT molecular complexity index is 523. The summed E-state index contributed by atoms with van der Waals surface area (Å²) in [6.07, 6.45) is 0.413. The number of aromatic amines is 1. The molecule has 1 aromatic rings. The number of aromatic nitrogens is 2. The van der Waals surface area contributed by atoms with E-state index in [4.69, 9.17) is 5.53 Å². The van der Waals surface area contributed by atoms with Crippen LogP contribution in [0, 0.1) is 5.92 Å². The van der Waals surface area contributed by atoms with Crippen molar-refractivity contribution < 1.29 is 4.79 Å². The van der Waals surface area contributed by atoms with E-state index >= 15 is 0 Å². The van der Waals surface area contributed by atoms with Gasteiger partial charge in [0.2, 0.25) is 5.91 Å². The highest BCUT2D eigenvalue weighted by atomic mass is 16.2. The average molecular weight is 262 g/mol. The predicted molar refractivity (Wildman–Crippen MR) is 71.8 cm³/mol. The summed E-state index contributed by atoms with van der Waals surface area (Å²) in [6, 6.07) is 1.91. The second-order valence-electron chi connectivity index (χ2n) is 5.88. The molecule has 1 saturated heterocycles. The zero-order valence-corrected chi connectivity index (χ0v) is 11.4. The smallest absolute Gasteiger partial charge is 0.228 e. The first-order valence-corrected chi connectivity index (χ1v) is 6.29. The van der Waals surface area contributed by atoms with Gasteiger partial charge in [-0.3, -0.25) is 14.8 Å². The summed E-state index contributed by atoms with van der Waals surface area (Å²) in [5, 5.41) is 10.7. The van der Waals surface area contributed by atoms with E-state index in [2.05, 4.69) is 41.0 Å². The highest BCUT2D eigenvalue weighted by Crippen LogP contribution is 2.28. The van der Waals surface area contributed by atoms with Crippen LogP contribution in [0.25, 0.3) is 10.4 Å². The first kappa shape index (κ1) is 13.4. The minimum atomic E-state index is -0.0292. The van der Waals surface area contributed by atoms with Crippen LogP contribution in [0.2, 0.25) is 0 Å². The highest BCUT2D eigenvalue weighted by Gasteiger charge is 2.32. The minimum Gasteiger partial charge on any atom is -0.295 e. The van der Waals surface area contributed by atoms with Gasteiger partial charge in [0.1, 0.15) is 0 Å². The summed E-state index contributed by atoms with van der Waals surface area (Å²) in [4.78, 5) is 16.3. The van der Waals surface area contributed by atoms with E-state index in [0.29, 0.717) is 25.3 Å². The molecule has 1 N–H and O–H groups in total. The Balaban J connectivity index is 2.12. The largest absolute Gasteiger partial charge is 0.295 e. The fourth-order valence-corrected chi connectivity index (χ4v) is 2.11. The van der Waals surface area contributed by atoms with Gasteiger partial charge >= 0.3 is 0 Å². The van der Waals surface area contributed by atoms with Crippen LogP contribution in [0.4, 0.5) is 5.82 Å². The van der Waals surface area contributed by atoms with Crippen LogP contribution < -0.4 is 4.90 Å². The van der Waals surface area contributed by atoms with Gasteiger partial charge in [-0.15, -0.1) is 0 Å². The third kappa shape index (κ3) is 2.88. The van der Waals surface area contributed by atoms with Crippen LogP contribution in [0.1, 0.15) is 32.9 Å². The molecule has 2 heterocycles.